The van der Waals surface area contributed by atoms with E-state index in [4.69, 9.17) is 16.2 Å². The Labute approximate surface area is 191 Å². The molecule has 1 aliphatic carbocycles. The van der Waals surface area contributed by atoms with Crippen molar-refractivity contribution in [3.63, 3.8) is 0 Å². The zero-order chi connectivity index (χ0) is 23.4. The van der Waals surface area contributed by atoms with E-state index in [9.17, 15) is 9.18 Å². The average molecular weight is 453 g/mol. The van der Waals surface area contributed by atoms with Crippen LogP contribution in [0.1, 0.15) is 49.4 Å². The lowest BCUT2D eigenvalue weighted by Gasteiger charge is -2.30. The number of benzene rings is 1. The van der Waals surface area contributed by atoms with Crippen LogP contribution in [0.4, 0.5) is 21.7 Å². The van der Waals surface area contributed by atoms with Crippen LogP contribution < -0.4 is 26.8 Å². The van der Waals surface area contributed by atoms with E-state index in [-0.39, 0.29) is 29.3 Å². The van der Waals surface area contributed by atoms with Crippen molar-refractivity contribution in [1.82, 2.24) is 9.97 Å². The van der Waals surface area contributed by atoms with Crippen LogP contribution in [-0.2, 0) is 0 Å². The second-order valence-electron chi connectivity index (χ2n) is 8.31. The van der Waals surface area contributed by atoms with Crippen molar-refractivity contribution >= 4 is 34.1 Å². The van der Waals surface area contributed by atoms with Gasteiger partial charge in [-0.25, -0.2) is 14.4 Å². The Hall–Kier alpha value is -3.46. The van der Waals surface area contributed by atoms with E-state index in [0.29, 0.717) is 18.2 Å². The highest BCUT2D eigenvalue weighted by Gasteiger charge is 2.24. The van der Waals surface area contributed by atoms with Crippen LogP contribution in [0.15, 0.2) is 36.4 Å². The molecule has 1 aliphatic rings. The fraction of sp³-hybridized carbons (Fsp3) is 0.375. The van der Waals surface area contributed by atoms with Crippen LogP contribution in [0, 0.1) is 5.82 Å². The second-order valence-corrected chi connectivity index (χ2v) is 8.31. The number of nitrogens with one attached hydrogen (secondary N) is 2. The number of aromatic nitrogens is 2. The number of hydrogen-bond donors (Lipinski definition) is 4. The number of primary amides is 1. The number of ether oxygens (including phenoxy) is 1. The number of carbonyl (C=O) groups excluding carboxylic acids is 1. The molecule has 2 atom stereocenters. The predicted octanol–water partition coefficient (Wildman–Crippen LogP) is 4.08. The highest BCUT2D eigenvalue weighted by atomic mass is 19.1. The number of pyridine rings is 2. The molecule has 6 N–H and O–H groups in total. The summed E-state index contributed by atoms with van der Waals surface area (Å²) in [6.07, 6.45) is 4.70. The van der Waals surface area contributed by atoms with E-state index in [1.54, 1.807) is 6.07 Å². The molecule has 2 heterocycles. The first-order chi connectivity index (χ1) is 15.9. The molecule has 0 radical (unpaired) electrons. The van der Waals surface area contributed by atoms with Crippen LogP contribution >= 0.6 is 0 Å². The van der Waals surface area contributed by atoms with Crippen molar-refractivity contribution in [3.05, 3.63) is 47.8 Å². The molecule has 0 unspecified atom stereocenters. The molecule has 0 saturated heterocycles. The Morgan fingerprint density at radius 1 is 1.15 bits per heavy atom. The van der Waals surface area contributed by atoms with Gasteiger partial charge in [0.1, 0.15) is 5.82 Å². The second kappa shape index (κ2) is 9.99. The number of anilines is 3. The van der Waals surface area contributed by atoms with Gasteiger partial charge < -0.3 is 26.8 Å². The Morgan fingerprint density at radius 3 is 2.73 bits per heavy atom. The summed E-state index contributed by atoms with van der Waals surface area (Å²) in [7, 11) is 0. The molecule has 8 nitrogen and oxygen atoms in total. The number of amides is 1. The number of carbonyl (C=O) groups is 1. The fourth-order valence-electron chi connectivity index (χ4n) is 4.00. The molecule has 3 aromatic rings. The van der Waals surface area contributed by atoms with Gasteiger partial charge in [-0.1, -0.05) is 19.8 Å². The maximum Gasteiger partial charge on any atom is 0.252 e. The molecular weight excluding hydrogens is 423 g/mol. The van der Waals surface area contributed by atoms with Crippen LogP contribution in [0.2, 0.25) is 0 Å². The molecule has 4 rings (SSSR count). The van der Waals surface area contributed by atoms with E-state index in [0.717, 1.165) is 49.1 Å². The van der Waals surface area contributed by atoms with E-state index in [2.05, 4.69) is 20.6 Å². The van der Waals surface area contributed by atoms with Gasteiger partial charge in [0.25, 0.3) is 5.91 Å². The predicted molar refractivity (Wildman–Crippen MR) is 127 cm³/mol. The summed E-state index contributed by atoms with van der Waals surface area (Å²) in [6, 6.07) is 10.2. The molecule has 1 amide bonds. The number of nitrogens with two attached hydrogens (primary N) is 2. The van der Waals surface area contributed by atoms with Crippen molar-refractivity contribution in [1.29, 1.82) is 0 Å². The molecule has 0 spiro atoms. The molecule has 0 bridgehead atoms. The van der Waals surface area contributed by atoms with E-state index < -0.39 is 11.7 Å². The molecule has 33 heavy (non-hydrogen) atoms. The number of halogens is 1. The standard InChI is InChI=1S/C24H29FN6O2/c1-2-11-33-21-10-7-14-12-15(8-9-19(14)29-21)28-23-16(22(27)32)13-17(25)24(31-23)30-20-6-4-3-5-18(20)26/h7-10,12-13,18,20H,2-6,11,26H2,1H3,(H2,27,32)(H2,28,30,31)/t18-,20+/m0/s1. The van der Waals surface area contributed by atoms with Gasteiger partial charge in [0.2, 0.25) is 5.88 Å². The van der Waals surface area contributed by atoms with Crippen LogP contribution in [-0.4, -0.2) is 34.6 Å². The normalized spacial score (nSPS) is 18.2. The van der Waals surface area contributed by atoms with E-state index in [1.807, 2.05) is 31.2 Å². The first-order valence-electron chi connectivity index (χ1n) is 11.3. The van der Waals surface area contributed by atoms with Crippen molar-refractivity contribution < 1.29 is 13.9 Å². The summed E-state index contributed by atoms with van der Waals surface area (Å²) in [5.41, 5.74) is 13.1. The monoisotopic (exact) mass is 452 g/mol. The lowest BCUT2D eigenvalue weighted by atomic mass is 9.91. The van der Waals surface area contributed by atoms with Crippen LogP contribution in [0.25, 0.3) is 10.9 Å². The fourth-order valence-corrected chi connectivity index (χ4v) is 4.00. The summed E-state index contributed by atoms with van der Waals surface area (Å²) < 4.78 is 20.3. The third kappa shape index (κ3) is 5.31. The van der Waals surface area contributed by atoms with E-state index in [1.165, 1.54) is 0 Å². The summed E-state index contributed by atoms with van der Waals surface area (Å²) in [5.74, 6) is -0.631. The van der Waals surface area contributed by atoms with Crippen LogP contribution in [0.5, 0.6) is 5.88 Å². The van der Waals surface area contributed by atoms with Gasteiger partial charge in [0.15, 0.2) is 11.6 Å². The molecule has 2 aromatic heterocycles. The summed E-state index contributed by atoms with van der Waals surface area (Å²) in [4.78, 5) is 20.8. The number of fused-ring (bicyclic) bond motifs is 1. The van der Waals surface area contributed by atoms with Crippen molar-refractivity contribution in [2.24, 2.45) is 11.5 Å². The lowest BCUT2D eigenvalue weighted by molar-refractivity contribution is 0.100. The minimum Gasteiger partial charge on any atom is -0.478 e. The molecule has 9 heteroatoms. The highest BCUT2D eigenvalue weighted by Crippen LogP contribution is 2.28. The minimum absolute atomic E-state index is 0.0347. The zero-order valence-corrected chi connectivity index (χ0v) is 18.6. The van der Waals surface area contributed by atoms with Crippen molar-refractivity contribution in [2.75, 3.05) is 17.2 Å². The van der Waals surface area contributed by atoms with Crippen molar-refractivity contribution in [2.45, 2.75) is 51.1 Å². The van der Waals surface area contributed by atoms with Gasteiger partial charge in [-0.3, -0.25) is 4.79 Å². The third-order valence-electron chi connectivity index (χ3n) is 5.76. The Balaban J connectivity index is 1.61. The molecule has 1 aromatic carbocycles. The average Bonchev–Trinajstić information content (AvgIpc) is 2.80. The Morgan fingerprint density at radius 2 is 1.97 bits per heavy atom. The summed E-state index contributed by atoms with van der Waals surface area (Å²) >= 11 is 0. The van der Waals surface area contributed by atoms with Crippen LogP contribution in [0.3, 0.4) is 0 Å². The Bertz CT molecular complexity index is 1160. The van der Waals surface area contributed by atoms with Gasteiger partial charge in [0.05, 0.1) is 17.7 Å². The SMILES string of the molecule is CCCOc1ccc2cc(Nc3nc(N[C@@H]4CCCC[C@@H]4N)c(F)cc3C(N)=O)ccc2n1. The van der Waals surface area contributed by atoms with Gasteiger partial charge in [-0.2, -0.15) is 0 Å². The van der Waals surface area contributed by atoms with Gasteiger partial charge in [-0.15, -0.1) is 0 Å². The number of nitrogens with zero attached hydrogens (tertiary/aromatic N) is 2. The maximum atomic E-state index is 14.7. The lowest BCUT2D eigenvalue weighted by Crippen LogP contribution is -2.43. The largest absolute Gasteiger partial charge is 0.478 e. The first-order valence-corrected chi connectivity index (χ1v) is 11.3. The summed E-state index contributed by atoms with van der Waals surface area (Å²) in [5, 5.41) is 7.09. The summed E-state index contributed by atoms with van der Waals surface area (Å²) in [6.45, 7) is 2.64. The quantitative estimate of drug-likeness (QED) is 0.405. The molecule has 1 fully saturated rings. The Kier molecular flexibility index (Phi) is 6.88. The number of hydrogen-bond acceptors (Lipinski definition) is 7. The molecular formula is C24H29FN6O2. The minimum atomic E-state index is -0.773. The third-order valence-corrected chi connectivity index (χ3v) is 5.76. The first kappa shape index (κ1) is 22.7. The smallest absolute Gasteiger partial charge is 0.252 e. The zero-order valence-electron chi connectivity index (χ0n) is 18.6. The van der Waals surface area contributed by atoms with Crippen molar-refractivity contribution in [3.8, 4) is 5.88 Å². The van der Waals surface area contributed by atoms with E-state index >= 15 is 0 Å². The molecule has 174 valence electrons. The van der Waals surface area contributed by atoms with Gasteiger partial charge in [0, 0.05) is 29.2 Å². The maximum absolute atomic E-state index is 14.7. The topological polar surface area (TPSA) is 128 Å². The molecule has 1 saturated carbocycles. The molecule has 0 aliphatic heterocycles. The van der Waals surface area contributed by atoms with Gasteiger partial charge in [-0.05, 0) is 49.6 Å². The number of rotatable bonds is 8. The highest BCUT2D eigenvalue weighted by molar-refractivity contribution is 5.99. The van der Waals surface area contributed by atoms with Gasteiger partial charge >= 0.3 is 0 Å².